The highest BCUT2D eigenvalue weighted by Crippen LogP contribution is 2.21. The highest BCUT2D eigenvalue weighted by atomic mass is 19.3. The Kier molecular flexibility index (Phi) is 3.11. The standard InChI is InChI=1S/C9H7F3O2/c10-7-2-5(3-8(13)14)1-6(4-7)9(11)12/h1-2,4,9H,3H2,(H,13,14). The summed E-state index contributed by atoms with van der Waals surface area (Å²) in [5.41, 5.74) is -0.464. The van der Waals surface area contributed by atoms with Crippen molar-refractivity contribution in [2.24, 2.45) is 0 Å². The van der Waals surface area contributed by atoms with Crippen LogP contribution in [-0.2, 0) is 11.2 Å². The lowest BCUT2D eigenvalue weighted by Gasteiger charge is -2.03. The zero-order chi connectivity index (χ0) is 10.7. The van der Waals surface area contributed by atoms with E-state index in [1.54, 1.807) is 0 Å². The Hall–Kier alpha value is -1.52. The van der Waals surface area contributed by atoms with Crippen LogP contribution in [0, 0.1) is 5.82 Å². The molecule has 0 aliphatic rings. The molecule has 0 aliphatic heterocycles. The number of carbonyl (C=O) groups is 1. The van der Waals surface area contributed by atoms with E-state index in [-0.39, 0.29) is 5.56 Å². The predicted octanol–water partition coefficient (Wildman–Crippen LogP) is 2.39. The maximum Gasteiger partial charge on any atom is 0.307 e. The Morgan fingerprint density at radius 1 is 1.36 bits per heavy atom. The average Bonchev–Trinajstić information content (AvgIpc) is 2.01. The molecule has 0 atom stereocenters. The van der Waals surface area contributed by atoms with Crippen molar-refractivity contribution < 1.29 is 23.1 Å². The first kappa shape index (κ1) is 10.6. The molecule has 0 aromatic heterocycles. The molecule has 0 aliphatic carbocycles. The molecular formula is C9H7F3O2. The Labute approximate surface area is 78.0 Å². The van der Waals surface area contributed by atoms with Crippen molar-refractivity contribution in [1.29, 1.82) is 0 Å². The summed E-state index contributed by atoms with van der Waals surface area (Å²) < 4.78 is 37.0. The Morgan fingerprint density at radius 3 is 2.50 bits per heavy atom. The highest BCUT2D eigenvalue weighted by Gasteiger charge is 2.11. The molecule has 0 heterocycles. The van der Waals surface area contributed by atoms with Gasteiger partial charge in [-0.05, 0) is 23.8 Å². The van der Waals surface area contributed by atoms with Gasteiger partial charge in [0.2, 0.25) is 0 Å². The summed E-state index contributed by atoms with van der Waals surface area (Å²) in [6.07, 6.45) is -3.25. The maximum atomic E-state index is 12.7. The van der Waals surface area contributed by atoms with E-state index in [0.717, 1.165) is 12.1 Å². The second kappa shape index (κ2) is 4.13. The van der Waals surface area contributed by atoms with Crippen LogP contribution in [0.15, 0.2) is 18.2 Å². The summed E-state index contributed by atoms with van der Waals surface area (Å²) >= 11 is 0. The van der Waals surface area contributed by atoms with Crippen LogP contribution in [0.1, 0.15) is 17.6 Å². The lowest BCUT2D eigenvalue weighted by molar-refractivity contribution is -0.136. The van der Waals surface area contributed by atoms with Gasteiger partial charge in [0, 0.05) is 5.56 Å². The first-order chi connectivity index (χ1) is 6.49. The molecule has 1 N–H and O–H groups in total. The fourth-order valence-electron chi connectivity index (χ4n) is 1.08. The molecule has 5 heteroatoms. The molecule has 1 aromatic rings. The smallest absolute Gasteiger partial charge is 0.307 e. The molecule has 76 valence electrons. The largest absolute Gasteiger partial charge is 0.481 e. The Bertz CT molecular complexity index is 350. The molecule has 1 rings (SSSR count). The lowest BCUT2D eigenvalue weighted by atomic mass is 10.1. The first-order valence-corrected chi connectivity index (χ1v) is 3.78. The number of rotatable bonds is 3. The summed E-state index contributed by atoms with van der Waals surface area (Å²) in [6.45, 7) is 0. The molecule has 0 bridgehead atoms. The minimum absolute atomic E-state index is 0.0350. The number of hydrogen-bond donors (Lipinski definition) is 1. The highest BCUT2D eigenvalue weighted by molar-refractivity contribution is 5.70. The number of carboxylic acid groups (broad SMARTS) is 1. The number of halogens is 3. The molecule has 0 unspecified atom stereocenters. The molecule has 0 saturated carbocycles. The first-order valence-electron chi connectivity index (χ1n) is 3.78. The maximum absolute atomic E-state index is 12.7. The van der Waals surface area contributed by atoms with E-state index in [1.807, 2.05) is 0 Å². The number of aliphatic carboxylic acids is 1. The van der Waals surface area contributed by atoms with Gasteiger partial charge in [-0.15, -0.1) is 0 Å². The summed E-state index contributed by atoms with van der Waals surface area (Å²) in [5, 5.41) is 8.38. The quantitative estimate of drug-likeness (QED) is 0.820. The van der Waals surface area contributed by atoms with Gasteiger partial charge in [0.05, 0.1) is 6.42 Å². The van der Waals surface area contributed by atoms with E-state index in [0.29, 0.717) is 6.07 Å². The third-order valence-electron chi connectivity index (χ3n) is 1.59. The van der Waals surface area contributed by atoms with Gasteiger partial charge in [-0.25, -0.2) is 13.2 Å². The summed E-state index contributed by atoms with van der Waals surface area (Å²) in [7, 11) is 0. The van der Waals surface area contributed by atoms with Crippen molar-refractivity contribution in [3.63, 3.8) is 0 Å². The molecule has 0 spiro atoms. The van der Waals surface area contributed by atoms with Gasteiger partial charge in [-0.1, -0.05) is 0 Å². The molecule has 0 amide bonds. The van der Waals surface area contributed by atoms with Crippen molar-refractivity contribution in [3.05, 3.63) is 35.1 Å². The second-order valence-corrected chi connectivity index (χ2v) is 2.76. The molecule has 1 aromatic carbocycles. The second-order valence-electron chi connectivity index (χ2n) is 2.76. The van der Waals surface area contributed by atoms with E-state index in [4.69, 9.17) is 5.11 Å². The van der Waals surface area contributed by atoms with Crippen molar-refractivity contribution in [3.8, 4) is 0 Å². The minimum atomic E-state index is -2.79. The van der Waals surface area contributed by atoms with Crippen molar-refractivity contribution in [2.45, 2.75) is 12.8 Å². The fourth-order valence-corrected chi connectivity index (χ4v) is 1.08. The number of alkyl halides is 2. The SMILES string of the molecule is O=C(O)Cc1cc(F)cc(C(F)F)c1. The monoisotopic (exact) mass is 204 g/mol. The fraction of sp³-hybridized carbons (Fsp3) is 0.222. The average molecular weight is 204 g/mol. The normalized spacial score (nSPS) is 10.6. The zero-order valence-corrected chi connectivity index (χ0v) is 7.01. The molecular weight excluding hydrogens is 197 g/mol. The van der Waals surface area contributed by atoms with Gasteiger partial charge in [-0.3, -0.25) is 4.79 Å². The van der Waals surface area contributed by atoms with Crippen LogP contribution in [-0.4, -0.2) is 11.1 Å². The molecule has 0 radical (unpaired) electrons. The van der Waals surface area contributed by atoms with Crippen molar-refractivity contribution in [1.82, 2.24) is 0 Å². The molecule has 0 saturated heterocycles. The number of benzene rings is 1. The van der Waals surface area contributed by atoms with E-state index in [2.05, 4.69) is 0 Å². The molecule has 0 fully saturated rings. The minimum Gasteiger partial charge on any atom is -0.481 e. The van der Waals surface area contributed by atoms with Crippen LogP contribution in [0.5, 0.6) is 0 Å². The van der Waals surface area contributed by atoms with Crippen LogP contribution >= 0.6 is 0 Å². The number of hydrogen-bond acceptors (Lipinski definition) is 1. The van der Waals surface area contributed by atoms with Crippen molar-refractivity contribution in [2.75, 3.05) is 0 Å². The molecule has 14 heavy (non-hydrogen) atoms. The molecule has 2 nitrogen and oxygen atoms in total. The topological polar surface area (TPSA) is 37.3 Å². The lowest BCUT2D eigenvalue weighted by Crippen LogP contribution is -2.01. The Morgan fingerprint density at radius 2 is 2.00 bits per heavy atom. The van der Waals surface area contributed by atoms with Gasteiger partial charge in [0.15, 0.2) is 0 Å². The van der Waals surface area contributed by atoms with Crippen LogP contribution in [0.4, 0.5) is 13.2 Å². The van der Waals surface area contributed by atoms with Gasteiger partial charge in [0.1, 0.15) is 5.82 Å². The van der Waals surface area contributed by atoms with Crippen LogP contribution < -0.4 is 0 Å². The summed E-state index contributed by atoms with van der Waals surface area (Å²) in [6, 6.07) is 2.61. The zero-order valence-electron chi connectivity index (χ0n) is 7.01. The third kappa shape index (κ3) is 2.76. The van der Waals surface area contributed by atoms with E-state index in [1.165, 1.54) is 0 Å². The van der Waals surface area contributed by atoms with Gasteiger partial charge in [-0.2, -0.15) is 0 Å². The van der Waals surface area contributed by atoms with Gasteiger partial charge >= 0.3 is 5.97 Å². The van der Waals surface area contributed by atoms with Crippen LogP contribution in [0.25, 0.3) is 0 Å². The number of carboxylic acids is 1. The van der Waals surface area contributed by atoms with Crippen LogP contribution in [0.3, 0.4) is 0 Å². The van der Waals surface area contributed by atoms with Crippen molar-refractivity contribution >= 4 is 5.97 Å². The van der Waals surface area contributed by atoms with Crippen LogP contribution in [0.2, 0.25) is 0 Å². The van der Waals surface area contributed by atoms with Gasteiger partial charge in [0.25, 0.3) is 6.43 Å². The van der Waals surface area contributed by atoms with E-state index in [9.17, 15) is 18.0 Å². The van der Waals surface area contributed by atoms with Gasteiger partial charge < -0.3 is 5.11 Å². The third-order valence-corrected chi connectivity index (χ3v) is 1.59. The van der Waals surface area contributed by atoms with E-state index < -0.39 is 30.2 Å². The summed E-state index contributed by atoms with van der Waals surface area (Å²) in [4.78, 5) is 10.3. The Balaban J connectivity index is 3.01. The summed E-state index contributed by atoms with van der Waals surface area (Å²) in [5.74, 6) is -2.03. The predicted molar refractivity (Wildman–Crippen MR) is 42.7 cm³/mol. The van der Waals surface area contributed by atoms with E-state index >= 15 is 0 Å².